The van der Waals surface area contributed by atoms with Crippen LogP contribution in [0.15, 0.2) is 83.1 Å². The maximum Gasteiger partial charge on any atom is 0.303 e. The number of piperazine rings is 1. The molecule has 5 N–H and O–H groups in total. The van der Waals surface area contributed by atoms with Gasteiger partial charge in [-0.25, -0.2) is 4.98 Å². The second-order valence-corrected chi connectivity index (χ2v) is 25.1. The number of hydrogen-bond acceptors (Lipinski definition) is 16. The summed E-state index contributed by atoms with van der Waals surface area (Å²) >= 11 is 2.44. The lowest BCUT2D eigenvalue weighted by Gasteiger charge is -2.38. The summed E-state index contributed by atoms with van der Waals surface area (Å²) in [5, 5.41) is 10.8. The predicted octanol–water partition coefficient (Wildman–Crippen LogP) is 4.59. The fraction of sp³-hybridized carbons (Fsp3) is 0.571. The summed E-state index contributed by atoms with van der Waals surface area (Å²) in [5.74, 6) is -4.55. The third-order valence-electron chi connectivity index (χ3n) is 16.6. The highest BCUT2D eigenvalue weighted by atomic mass is 32.2. The van der Waals surface area contributed by atoms with E-state index in [9.17, 15) is 47.9 Å². The first-order valence-corrected chi connectivity index (χ1v) is 32.3. The van der Waals surface area contributed by atoms with Crippen molar-refractivity contribution in [2.24, 2.45) is 17.6 Å². The molecular weight excluding hydrogens is 1150 g/mol. The average Bonchev–Trinajstić information content (AvgIpc) is 3.88. The SMILES string of the molecule is CC[C@H](C)[C@H](NC(=O)[C@H]1CCCCN1C)C(=O)N(C)[C@H](C[C@@H](OC(C)=O)c1nc(C(=O)N(C)[C@@H](CSc2ccccc2)C(=O)N[C@H](CCCCN)C(=O)N[C@@H](Cc2ccccc2)C(=O)N2CCN(C(=O)CCCN3C(=O)C=CC3=O)CC2)cs1)C(C)C. The maximum atomic E-state index is 14.9. The predicted molar refractivity (Wildman–Crippen MR) is 333 cm³/mol. The number of nitrogens with one attached hydrogen (secondary N) is 3. The molecule has 1 aromatic heterocycles. The Hall–Kier alpha value is -7.02. The molecule has 24 heteroatoms. The number of hydrogen-bond donors (Lipinski definition) is 4. The second-order valence-electron chi connectivity index (χ2n) is 23.2. The number of likely N-dealkylation sites (tertiary alicyclic amines) is 1. The topological polar surface area (TPSA) is 274 Å². The first-order chi connectivity index (χ1) is 41.6. The van der Waals surface area contributed by atoms with Crippen LogP contribution >= 0.6 is 23.1 Å². The number of amides is 9. The molecule has 0 aliphatic carbocycles. The minimum Gasteiger partial charge on any atom is -0.455 e. The summed E-state index contributed by atoms with van der Waals surface area (Å²) < 4.78 is 5.92. The maximum absolute atomic E-state index is 14.9. The molecule has 3 aliphatic heterocycles. The number of thioether (sulfide) groups is 1. The van der Waals surface area contributed by atoms with Gasteiger partial charge in [0.05, 0.1) is 6.04 Å². The van der Waals surface area contributed by atoms with Gasteiger partial charge in [0, 0.05) is 107 Å². The Bertz CT molecular complexity index is 2850. The molecular formula is C63H89N11O11S2. The molecule has 0 spiro atoms. The number of ether oxygens (including phenoxy) is 1. The van der Waals surface area contributed by atoms with Crippen molar-refractivity contribution < 1.29 is 52.7 Å². The number of carbonyl (C=O) groups excluding carboxylic acids is 10. The van der Waals surface area contributed by atoms with E-state index >= 15 is 0 Å². The molecule has 87 heavy (non-hydrogen) atoms. The van der Waals surface area contributed by atoms with Crippen LogP contribution in [0, 0.1) is 11.8 Å². The number of unbranched alkanes of at least 4 members (excludes halogenated alkanes) is 1. The lowest BCUT2D eigenvalue weighted by Crippen LogP contribution is -2.59. The van der Waals surface area contributed by atoms with E-state index in [2.05, 4.69) is 16.0 Å². The largest absolute Gasteiger partial charge is 0.455 e. The van der Waals surface area contributed by atoms with Gasteiger partial charge in [-0.3, -0.25) is 57.7 Å². The standard InChI is InChI=1S/C63H89N11O11S2/c1-9-42(4)56(68-58(80)49-26-17-19-31-69(49)6)63(84)70(7)50(41(2)3)38-52(85-43(5)75)60-67-48(39-87-60)61(82)71(8)51(40-86-45-23-14-11-15-24-45)59(81)65-46(25-16-18-30-64)57(79)66-47(37-44-21-12-10-13-22-44)62(83)73-35-33-72(34-36-73)53(76)27-20-32-74-54(77)28-29-55(74)78/h10-15,21-24,28-29,39,41-42,46-47,49-52,56H,9,16-20,25-27,30-38,40,64H2,1-8H3,(H,65,81)(H,66,79)(H,68,80)/t42-,46+,47-,49+,50+,51-,52+,56-/m0/s1. The number of benzene rings is 2. The molecule has 0 saturated carbocycles. The van der Waals surface area contributed by atoms with Gasteiger partial charge in [-0.2, -0.15) is 0 Å². The van der Waals surface area contributed by atoms with Crippen LogP contribution in [0.2, 0.25) is 0 Å². The molecule has 474 valence electrons. The van der Waals surface area contributed by atoms with Crippen LogP contribution < -0.4 is 21.7 Å². The summed E-state index contributed by atoms with van der Waals surface area (Å²) in [7, 11) is 5.10. The molecule has 3 aliphatic rings. The van der Waals surface area contributed by atoms with E-state index in [-0.39, 0.29) is 111 Å². The lowest BCUT2D eigenvalue weighted by molar-refractivity contribution is -0.149. The highest BCUT2D eigenvalue weighted by Crippen LogP contribution is 2.32. The van der Waals surface area contributed by atoms with Crippen LogP contribution in [0.4, 0.5) is 0 Å². The van der Waals surface area contributed by atoms with Crippen LogP contribution in [0.25, 0.3) is 0 Å². The van der Waals surface area contributed by atoms with Crippen molar-refractivity contribution in [3.8, 4) is 0 Å². The van der Waals surface area contributed by atoms with E-state index in [0.717, 1.165) is 46.1 Å². The summed E-state index contributed by atoms with van der Waals surface area (Å²) in [5.41, 5.74) is 6.67. The number of carbonyl (C=O) groups is 10. The second kappa shape index (κ2) is 33.9. The van der Waals surface area contributed by atoms with Gasteiger partial charge < -0.3 is 46.0 Å². The third kappa shape index (κ3) is 19.7. The molecule has 2 saturated heterocycles. The Morgan fingerprint density at radius 3 is 2.07 bits per heavy atom. The van der Waals surface area contributed by atoms with Gasteiger partial charge >= 0.3 is 5.97 Å². The number of nitrogens with zero attached hydrogens (tertiary/aromatic N) is 7. The van der Waals surface area contributed by atoms with E-state index in [1.807, 2.05) is 100 Å². The Morgan fingerprint density at radius 1 is 0.805 bits per heavy atom. The highest BCUT2D eigenvalue weighted by molar-refractivity contribution is 7.99. The summed E-state index contributed by atoms with van der Waals surface area (Å²) in [4.78, 5) is 152. The quantitative estimate of drug-likeness (QED) is 0.0297. The molecule has 4 heterocycles. The Labute approximate surface area is 520 Å². The summed E-state index contributed by atoms with van der Waals surface area (Å²) in [6.45, 7) is 11.2. The smallest absolute Gasteiger partial charge is 0.303 e. The van der Waals surface area contributed by atoms with Crippen LogP contribution in [-0.2, 0) is 54.3 Å². The molecule has 0 radical (unpaired) electrons. The molecule has 3 aromatic rings. The van der Waals surface area contributed by atoms with Gasteiger partial charge in [0.15, 0.2) is 6.10 Å². The molecule has 22 nitrogen and oxygen atoms in total. The number of aromatic nitrogens is 1. The molecule has 6 rings (SSSR count). The van der Waals surface area contributed by atoms with E-state index in [4.69, 9.17) is 15.5 Å². The first kappa shape index (κ1) is 69.1. The Balaban J connectivity index is 1.18. The van der Waals surface area contributed by atoms with Crippen LogP contribution in [-0.4, -0.2) is 202 Å². The summed E-state index contributed by atoms with van der Waals surface area (Å²) in [6.07, 6.45) is 6.49. The number of esters is 1. The fourth-order valence-corrected chi connectivity index (χ4v) is 13.0. The zero-order valence-corrected chi connectivity index (χ0v) is 53.3. The third-order valence-corrected chi connectivity index (χ3v) is 18.6. The van der Waals surface area contributed by atoms with E-state index in [1.165, 1.54) is 48.2 Å². The molecule has 0 unspecified atom stereocenters. The van der Waals surface area contributed by atoms with Crippen molar-refractivity contribution in [3.05, 3.63) is 94.5 Å². The first-order valence-electron chi connectivity index (χ1n) is 30.4. The summed E-state index contributed by atoms with van der Waals surface area (Å²) in [6, 6.07) is 13.5. The lowest BCUT2D eigenvalue weighted by atomic mass is 9.92. The molecule has 8 atom stereocenters. The number of imide groups is 1. The van der Waals surface area contributed by atoms with Gasteiger partial charge in [0.25, 0.3) is 17.7 Å². The van der Waals surface area contributed by atoms with E-state index < -0.39 is 71.8 Å². The number of thiazole rings is 1. The van der Waals surface area contributed by atoms with Crippen molar-refractivity contribution in [1.82, 2.24) is 50.3 Å². The van der Waals surface area contributed by atoms with Crippen LogP contribution in [0.5, 0.6) is 0 Å². The van der Waals surface area contributed by atoms with Gasteiger partial charge in [0.2, 0.25) is 35.4 Å². The van der Waals surface area contributed by atoms with E-state index in [0.29, 0.717) is 43.7 Å². The molecule has 2 fully saturated rings. The zero-order chi connectivity index (χ0) is 63.3. The molecule has 9 amide bonds. The van der Waals surface area contributed by atoms with E-state index in [1.54, 1.807) is 21.7 Å². The van der Waals surface area contributed by atoms with Crippen molar-refractivity contribution in [1.29, 1.82) is 0 Å². The number of rotatable bonds is 31. The van der Waals surface area contributed by atoms with Crippen molar-refractivity contribution in [2.45, 2.75) is 152 Å². The van der Waals surface area contributed by atoms with Gasteiger partial charge in [0.1, 0.15) is 34.9 Å². The Kier molecular flexibility index (Phi) is 26.9. The van der Waals surface area contributed by atoms with Gasteiger partial charge in [-0.05, 0) is 88.2 Å². The fourth-order valence-electron chi connectivity index (χ4n) is 11.1. The Morgan fingerprint density at radius 2 is 1.45 bits per heavy atom. The number of likely N-dealkylation sites (N-methyl/N-ethyl adjacent to an activating group) is 3. The van der Waals surface area contributed by atoms with Crippen LogP contribution in [0.3, 0.4) is 0 Å². The van der Waals surface area contributed by atoms with Crippen molar-refractivity contribution in [3.63, 3.8) is 0 Å². The average molecular weight is 1240 g/mol. The highest BCUT2D eigenvalue weighted by Gasteiger charge is 2.39. The van der Waals surface area contributed by atoms with Crippen molar-refractivity contribution in [2.75, 3.05) is 72.7 Å². The molecule has 0 bridgehead atoms. The zero-order valence-electron chi connectivity index (χ0n) is 51.7. The monoisotopic (exact) mass is 1240 g/mol. The minimum atomic E-state index is -1.17. The minimum absolute atomic E-state index is 0.0229. The van der Waals surface area contributed by atoms with Gasteiger partial charge in [-0.15, -0.1) is 23.1 Å². The number of nitrogens with two attached hydrogens (primary N) is 1. The van der Waals surface area contributed by atoms with Gasteiger partial charge in [-0.1, -0.05) is 89.1 Å². The number of piperidine rings is 1. The normalized spacial score (nSPS) is 17.8. The van der Waals surface area contributed by atoms with Crippen LogP contribution in [0.1, 0.15) is 126 Å². The molecule has 2 aromatic carbocycles. The van der Waals surface area contributed by atoms with Crippen molar-refractivity contribution >= 4 is 82.2 Å².